The van der Waals surface area contributed by atoms with Crippen LogP contribution in [0.2, 0.25) is 0 Å². The van der Waals surface area contributed by atoms with Crippen LogP contribution >= 0.6 is 24.0 Å². The van der Waals surface area contributed by atoms with Crippen LogP contribution in [0.1, 0.15) is 20.8 Å². The molecule has 1 heterocycles. The molecule has 4 heteroatoms. The molecule has 1 rings (SSSR count). The van der Waals surface area contributed by atoms with Crippen LogP contribution in [0, 0.1) is 0 Å². The van der Waals surface area contributed by atoms with Crippen LogP contribution in [0.3, 0.4) is 0 Å². The van der Waals surface area contributed by atoms with E-state index in [9.17, 15) is 0 Å². The second-order valence-corrected chi connectivity index (χ2v) is 2.55. The molecule has 0 saturated heterocycles. The van der Waals surface area contributed by atoms with Gasteiger partial charge in [0.1, 0.15) is 0 Å². The maximum Gasteiger partial charge on any atom is 0.0422 e. The van der Waals surface area contributed by atoms with E-state index in [0.29, 0.717) is 6.04 Å². The Morgan fingerprint density at radius 3 is 2.30 bits per heavy atom. The van der Waals surface area contributed by atoms with E-state index in [1.54, 1.807) is 0 Å². The molecule has 3 nitrogen and oxygen atoms in total. The second kappa shape index (κ2) is 4.02. The molecular weight excluding hydrogens is 241 g/mol. The molecule has 0 bridgehead atoms. The van der Waals surface area contributed by atoms with Crippen LogP contribution in [-0.4, -0.2) is 11.1 Å². The molecule has 0 fully saturated rings. The minimum absolute atomic E-state index is 0. The number of hydrogen-bond acceptors (Lipinski definition) is 3. The van der Waals surface area contributed by atoms with Crippen molar-refractivity contribution in [2.45, 2.75) is 26.8 Å². The average Bonchev–Trinajstić information content (AvgIpc) is 2.14. The number of nitrogens with zero attached hydrogens (tertiary/aromatic N) is 1. The van der Waals surface area contributed by atoms with Crippen LogP contribution < -0.4 is 11.0 Å². The molecule has 1 aliphatic rings. The van der Waals surface area contributed by atoms with Crippen molar-refractivity contribution in [1.82, 2.24) is 16.0 Å². The van der Waals surface area contributed by atoms with Gasteiger partial charge in [0.2, 0.25) is 0 Å². The molecule has 0 aromatic rings. The van der Waals surface area contributed by atoms with Gasteiger partial charge in [-0.25, -0.2) is 0 Å². The van der Waals surface area contributed by atoms with Gasteiger partial charge in [-0.15, -0.1) is 29.5 Å². The highest BCUT2D eigenvalue weighted by Gasteiger charge is 2.08. The summed E-state index contributed by atoms with van der Waals surface area (Å²) in [5, 5.41) is 2.02. The Balaban J connectivity index is 0.000000810. The fraction of sp³-hybridized carbons (Fsp3) is 0.667. The zero-order valence-corrected chi connectivity index (χ0v) is 8.84. The van der Waals surface area contributed by atoms with E-state index in [1.165, 1.54) is 0 Å². The molecule has 0 aliphatic carbocycles. The first-order chi connectivity index (χ1) is 4.20. The van der Waals surface area contributed by atoms with Crippen molar-refractivity contribution in [3.63, 3.8) is 0 Å². The summed E-state index contributed by atoms with van der Waals surface area (Å²) in [6.45, 7) is 6.28. The Morgan fingerprint density at radius 2 is 2.10 bits per heavy atom. The topological polar surface area (TPSA) is 27.3 Å². The van der Waals surface area contributed by atoms with E-state index in [4.69, 9.17) is 0 Å². The van der Waals surface area contributed by atoms with Crippen molar-refractivity contribution in [2.75, 3.05) is 0 Å². The van der Waals surface area contributed by atoms with E-state index >= 15 is 0 Å². The Hall–Kier alpha value is 0.0300. The molecule has 0 radical (unpaired) electrons. The molecule has 0 unspecified atom stereocenters. The smallest absolute Gasteiger partial charge is 0.0422 e. The van der Waals surface area contributed by atoms with Crippen molar-refractivity contribution in [2.24, 2.45) is 0 Å². The lowest BCUT2D eigenvalue weighted by atomic mass is 10.4. The van der Waals surface area contributed by atoms with Gasteiger partial charge >= 0.3 is 0 Å². The molecule has 0 aromatic heterocycles. The van der Waals surface area contributed by atoms with Crippen LogP contribution in [-0.2, 0) is 0 Å². The maximum atomic E-state index is 3.00. The van der Waals surface area contributed by atoms with Crippen molar-refractivity contribution >= 4 is 24.0 Å². The highest BCUT2D eigenvalue weighted by molar-refractivity contribution is 14.0. The van der Waals surface area contributed by atoms with Crippen LogP contribution in [0.5, 0.6) is 0 Å². The zero-order valence-electron chi connectivity index (χ0n) is 6.51. The fourth-order valence-corrected chi connectivity index (χ4v) is 0.704. The van der Waals surface area contributed by atoms with Gasteiger partial charge in [0.15, 0.2) is 0 Å². The fourth-order valence-electron chi connectivity index (χ4n) is 0.704. The SMILES string of the molecule is CC1=CN(C(C)C)NN1.I. The summed E-state index contributed by atoms with van der Waals surface area (Å²) in [5.74, 6) is 0. The van der Waals surface area contributed by atoms with Gasteiger partial charge in [-0.1, -0.05) is 0 Å². The number of nitrogens with one attached hydrogen (secondary N) is 2. The first-order valence-corrected chi connectivity index (χ1v) is 3.18. The Kier molecular flexibility index (Phi) is 4.04. The largest absolute Gasteiger partial charge is 0.307 e. The van der Waals surface area contributed by atoms with Gasteiger partial charge in [0.25, 0.3) is 0 Å². The monoisotopic (exact) mass is 255 g/mol. The molecule has 2 N–H and O–H groups in total. The molecule has 10 heavy (non-hydrogen) atoms. The van der Waals surface area contributed by atoms with Crippen molar-refractivity contribution in [1.29, 1.82) is 0 Å². The molecule has 0 saturated carbocycles. The summed E-state index contributed by atoms with van der Waals surface area (Å²) in [6, 6.07) is 0.509. The van der Waals surface area contributed by atoms with Gasteiger partial charge in [0.05, 0.1) is 0 Å². The number of halogens is 1. The first kappa shape index (κ1) is 10.0. The number of allylic oxidation sites excluding steroid dienone is 1. The normalized spacial score (nSPS) is 16.4. The summed E-state index contributed by atoms with van der Waals surface area (Å²) >= 11 is 0. The third kappa shape index (κ3) is 2.34. The molecule has 60 valence electrons. The second-order valence-electron chi connectivity index (χ2n) is 2.55. The van der Waals surface area contributed by atoms with E-state index in [-0.39, 0.29) is 24.0 Å². The Bertz CT molecular complexity index is 133. The summed E-state index contributed by atoms with van der Waals surface area (Å²) in [5.41, 5.74) is 7.14. The predicted molar refractivity (Wildman–Crippen MR) is 52.4 cm³/mol. The lowest BCUT2D eigenvalue weighted by molar-refractivity contribution is 0.221. The number of hydrogen-bond donors (Lipinski definition) is 2. The van der Waals surface area contributed by atoms with Gasteiger partial charge in [0, 0.05) is 17.9 Å². The summed E-state index contributed by atoms with van der Waals surface area (Å²) < 4.78 is 0. The number of rotatable bonds is 1. The molecular formula is C6H14IN3. The minimum atomic E-state index is 0. The molecule has 0 aromatic carbocycles. The molecule has 0 atom stereocenters. The lowest BCUT2D eigenvalue weighted by Gasteiger charge is -2.18. The number of hydrazine groups is 2. The van der Waals surface area contributed by atoms with Gasteiger partial charge < -0.3 is 5.43 Å². The predicted octanol–water partition coefficient (Wildman–Crippen LogP) is 1.20. The minimum Gasteiger partial charge on any atom is -0.307 e. The van der Waals surface area contributed by atoms with Crippen LogP contribution in [0.25, 0.3) is 0 Å². The average molecular weight is 255 g/mol. The van der Waals surface area contributed by atoms with Gasteiger partial charge in [-0.2, -0.15) is 0 Å². The zero-order chi connectivity index (χ0) is 6.85. The lowest BCUT2D eigenvalue weighted by Crippen LogP contribution is -2.40. The standard InChI is InChI=1S/C6H13N3.HI/c1-5(2)9-4-6(3)7-8-9;/h4-5,7-8H,1-3H3;1H. The Morgan fingerprint density at radius 1 is 1.50 bits per heavy atom. The van der Waals surface area contributed by atoms with Gasteiger partial charge in [-0.3, -0.25) is 5.01 Å². The van der Waals surface area contributed by atoms with Crippen LogP contribution in [0.4, 0.5) is 0 Å². The van der Waals surface area contributed by atoms with Crippen molar-refractivity contribution < 1.29 is 0 Å². The summed E-state index contributed by atoms with van der Waals surface area (Å²) in [6.07, 6.45) is 2.05. The summed E-state index contributed by atoms with van der Waals surface area (Å²) in [7, 11) is 0. The molecule has 1 aliphatic heterocycles. The maximum absolute atomic E-state index is 3.00. The van der Waals surface area contributed by atoms with E-state index < -0.39 is 0 Å². The molecule has 0 spiro atoms. The van der Waals surface area contributed by atoms with Crippen molar-refractivity contribution in [3.8, 4) is 0 Å². The Labute approximate surface area is 78.8 Å². The van der Waals surface area contributed by atoms with E-state index in [2.05, 4.69) is 24.8 Å². The summed E-state index contributed by atoms with van der Waals surface area (Å²) in [4.78, 5) is 0. The van der Waals surface area contributed by atoms with E-state index in [0.717, 1.165) is 5.70 Å². The van der Waals surface area contributed by atoms with Gasteiger partial charge in [-0.05, 0) is 20.8 Å². The third-order valence-electron chi connectivity index (χ3n) is 1.27. The third-order valence-corrected chi connectivity index (χ3v) is 1.27. The highest BCUT2D eigenvalue weighted by Crippen LogP contribution is 2.01. The highest BCUT2D eigenvalue weighted by atomic mass is 127. The van der Waals surface area contributed by atoms with Crippen molar-refractivity contribution in [3.05, 3.63) is 11.9 Å². The first-order valence-electron chi connectivity index (χ1n) is 3.18. The quantitative estimate of drug-likeness (QED) is 0.689. The molecule has 0 amide bonds. The van der Waals surface area contributed by atoms with E-state index in [1.807, 2.05) is 18.1 Å². The van der Waals surface area contributed by atoms with Crippen LogP contribution in [0.15, 0.2) is 11.9 Å².